The number of rotatable bonds is 4. The quantitative estimate of drug-likeness (QED) is 0.776. The number of hydrogen-bond acceptors (Lipinski definition) is 6. The van der Waals surface area contributed by atoms with Crippen LogP contribution in [-0.2, 0) is 29.5 Å². The van der Waals surface area contributed by atoms with Gasteiger partial charge in [-0.3, -0.25) is 14.4 Å². The summed E-state index contributed by atoms with van der Waals surface area (Å²) >= 11 is 0. The molecule has 0 fully saturated rings. The predicted octanol–water partition coefficient (Wildman–Crippen LogP) is 0.318. The molecule has 118 valence electrons. The molecule has 1 aliphatic rings. The first kappa shape index (κ1) is 15.9. The summed E-state index contributed by atoms with van der Waals surface area (Å²) in [4.78, 5) is 35.6. The maximum Gasteiger partial charge on any atom is 0.313 e. The lowest BCUT2D eigenvalue weighted by molar-refractivity contribution is -0.167. The highest BCUT2D eigenvalue weighted by molar-refractivity contribution is 6.07. The lowest BCUT2D eigenvalue weighted by Gasteiger charge is -2.28. The van der Waals surface area contributed by atoms with Crippen molar-refractivity contribution >= 4 is 23.5 Å². The summed E-state index contributed by atoms with van der Waals surface area (Å²) in [5, 5.41) is 13.1. The van der Waals surface area contributed by atoms with Crippen LogP contribution in [-0.4, -0.2) is 37.2 Å². The Morgan fingerprint density at radius 2 is 2.05 bits per heavy atom. The highest BCUT2D eigenvalue weighted by Crippen LogP contribution is 2.43. The number of hydrogen-bond donors (Lipinski definition) is 2. The van der Waals surface area contributed by atoms with E-state index in [9.17, 15) is 23.9 Å². The van der Waals surface area contributed by atoms with Gasteiger partial charge >= 0.3 is 11.9 Å². The maximum absolute atomic E-state index is 13.4. The van der Waals surface area contributed by atoms with Crippen LogP contribution in [0.4, 0.5) is 10.1 Å². The number of carbonyl (C=O) groups excluding carboxylic acids is 3. The summed E-state index contributed by atoms with van der Waals surface area (Å²) in [5.74, 6) is -5.00. The van der Waals surface area contributed by atoms with Gasteiger partial charge in [-0.1, -0.05) is 0 Å². The number of anilines is 1. The number of fused-ring (bicyclic) bond motifs is 1. The van der Waals surface area contributed by atoms with E-state index in [-0.39, 0.29) is 11.3 Å². The molecule has 1 amide bonds. The molecule has 0 spiro atoms. The SMILES string of the molecule is COC(=O)CC(C(=O)OC)C1(O)C(=O)Nc2ccc(F)cc21. The third-order valence-corrected chi connectivity index (χ3v) is 3.58. The van der Waals surface area contributed by atoms with Crippen molar-refractivity contribution in [1.29, 1.82) is 0 Å². The number of nitrogens with one attached hydrogen (secondary N) is 1. The third-order valence-electron chi connectivity index (χ3n) is 3.58. The zero-order valence-electron chi connectivity index (χ0n) is 11.9. The fourth-order valence-electron chi connectivity index (χ4n) is 2.42. The van der Waals surface area contributed by atoms with Crippen LogP contribution >= 0.6 is 0 Å². The molecule has 2 rings (SSSR count). The van der Waals surface area contributed by atoms with Gasteiger partial charge in [-0.15, -0.1) is 0 Å². The Morgan fingerprint density at radius 3 is 2.64 bits per heavy atom. The van der Waals surface area contributed by atoms with Gasteiger partial charge in [-0.05, 0) is 18.2 Å². The van der Waals surface area contributed by atoms with Crippen LogP contribution in [0, 0.1) is 11.7 Å². The lowest BCUT2D eigenvalue weighted by atomic mass is 9.80. The first-order chi connectivity index (χ1) is 10.3. The molecule has 0 aromatic heterocycles. The normalized spacial score (nSPS) is 20.8. The topological polar surface area (TPSA) is 102 Å². The Labute approximate surface area is 125 Å². The molecule has 2 atom stereocenters. The van der Waals surface area contributed by atoms with Gasteiger partial charge < -0.3 is 19.9 Å². The van der Waals surface area contributed by atoms with E-state index in [0.717, 1.165) is 26.4 Å². The Morgan fingerprint density at radius 1 is 1.36 bits per heavy atom. The summed E-state index contributed by atoms with van der Waals surface area (Å²) in [6, 6.07) is 3.28. The van der Waals surface area contributed by atoms with Gasteiger partial charge in [-0.25, -0.2) is 4.39 Å². The molecule has 2 unspecified atom stereocenters. The maximum atomic E-state index is 13.4. The summed E-state index contributed by atoms with van der Waals surface area (Å²) in [6.45, 7) is 0. The monoisotopic (exact) mass is 311 g/mol. The number of benzene rings is 1. The Balaban J connectivity index is 2.54. The molecule has 7 nitrogen and oxygen atoms in total. The minimum Gasteiger partial charge on any atom is -0.469 e. The number of halogens is 1. The molecule has 2 N–H and O–H groups in total. The largest absolute Gasteiger partial charge is 0.469 e. The van der Waals surface area contributed by atoms with E-state index < -0.39 is 41.6 Å². The van der Waals surface area contributed by atoms with Gasteiger partial charge in [-0.2, -0.15) is 0 Å². The van der Waals surface area contributed by atoms with Crippen LogP contribution in [0.15, 0.2) is 18.2 Å². The molecule has 1 aromatic rings. The van der Waals surface area contributed by atoms with E-state index in [1.54, 1.807) is 0 Å². The number of ether oxygens (including phenoxy) is 2. The van der Waals surface area contributed by atoms with Crippen molar-refractivity contribution in [3.05, 3.63) is 29.6 Å². The minimum absolute atomic E-state index is 0.128. The molecule has 1 aromatic carbocycles. The second kappa shape index (κ2) is 5.72. The van der Waals surface area contributed by atoms with Crippen molar-refractivity contribution in [2.24, 2.45) is 5.92 Å². The van der Waals surface area contributed by atoms with Crippen LogP contribution in [0.25, 0.3) is 0 Å². The van der Waals surface area contributed by atoms with Gasteiger partial charge in [0.1, 0.15) is 11.7 Å². The third kappa shape index (κ3) is 2.41. The molecule has 0 bridgehead atoms. The van der Waals surface area contributed by atoms with E-state index in [4.69, 9.17) is 0 Å². The predicted molar refractivity (Wildman–Crippen MR) is 71.1 cm³/mol. The average Bonchev–Trinajstić information content (AvgIpc) is 2.76. The van der Waals surface area contributed by atoms with Crippen molar-refractivity contribution < 1.29 is 33.4 Å². The van der Waals surface area contributed by atoms with E-state index >= 15 is 0 Å². The molecule has 0 saturated carbocycles. The second-order valence-electron chi connectivity index (χ2n) is 4.77. The molecule has 22 heavy (non-hydrogen) atoms. The first-order valence-corrected chi connectivity index (χ1v) is 6.33. The fourth-order valence-corrected chi connectivity index (χ4v) is 2.42. The van der Waals surface area contributed by atoms with Crippen LogP contribution < -0.4 is 5.32 Å². The van der Waals surface area contributed by atoms with Crippen molar-refractivity contribution in [3.8, 4) is 0 Å². The number of amides is 1. The molecule has 0 radical (unpaired) electrons. The zero-order chi connectivity index (χ0) is 16.5. The molecular weight excluding hydrogens is 297 g/mol. The smallest absolute Gasteiger partial charge is 0.313 e. The Kier molecular flexibility index (Phi) is 4.14. The van der Waals surface area contributed by atoms with Crippen LogP contribution in [0.3, 0.4) is 0 Å². The van der Waals surface area contributed by atoms with Gasteiger partial charge in [0.25, 0.3) is 5.91 Å². The lowest BCUT2D eigenvalue weighted by Crippen LogP contribution is -2.47. The van der Waals surface area contributed by atoms with Crippen LogP contribution in [0.1, 0.15) is 12.0 Å². The molecule has 0 saturated heterocycles. The van der Waals surface area contributed by atoms with E-state index in [2.05, 4.69) is 14.8 Å². The number of aliphatic hydroxyl groups is 1. The summed E-state index contributed by atoms with van der Waals surface area (Å²) in [5.41, 5.74) is -2.39. The Hall–Kier alpha value is -2.48. The first-order valence-electron chi connectivity index (χ1n) is 6.33. The zero-order valence-corrected chi connectivity index (χ0v) is 11.9. The highest BCUT2D eigenvalue weighted by Gasteiger charge is 2.55. The summed E-state index contributed by atoms with van der Waals surface area (Å²) < 4.78 is 22.5. The van der Waals surface area contributed by atoms with Gasteiger partial charge in [0.15, 0.2) is 5.60 Å². The minimum atomic E-state index is -2.42. The van der Waals surface area contributed by atoms with Crippen molar-refractivity contribution in [3.63, 3.8) is 0 Å². The van der Waals surface area contributed by atoms with Crippen LogP contribution in [0.5, 0.6) is 0 Å². The fraction of sp³-hybridized carbons (Fsp3) is 0.357. The average molecular weight is 311 g/mol. The van der Waals surface area contributed by atoms with Gasteiger partial charge in [0.2, 0.25) is 0 Å². The summed E-state index contributed by atoms with van der Waals surface area (Å²) in [6.07, 6.45) is -0.594. The summed E-state index contributed by atoms with van der Waals surface area (Å²) in [7, 11) is 2.15. The van der Waals surface area contributed by atoms with E-state index in [0.29, 0.717) is 0 Å². The molecule has 1 aliphatic heterocycles. The van der Waals surface area contributed by atoms with Gasteiger partial charge in [0, 0.05) is 11.3 Å². The highest BCUT2D eigenvalue weighted by atomic mass is 19.1. The molecule has 8 heteroatoms. The van der Waals surface area contributed by atoms with E-state index in [1.165, 1.54) is 6.07 Å². The standard InChI is InChI=1S/C14H14FNO6/c1-21-11(17)6-9(12(18)22-2)14(20)8-5-7(15)3-4-10(8)16-13(14)19/h3-5,9,20H,6H2,1-2H3,(H,16,19). The Bertz CT molecular complexity index is 646. The number of carbonyl (C=O) groups is 3. The molecule has 1 heterocycles. The van der Waals surface area contributed by atoms with Crippen molar-refractivity contribution in [2.75, 3.05) is 19.5 Å². The number of methoxy groups -OCH3 is 2. The second-order valence-corrected chi connectivity index (χ2v) is 4.77. The number of esters is 2. The molecular formula is C14H14FNO6. The van der Waals surface area contributed by atoms with Crippen LogP contribution in [0.2, 0.25) is 0 Å². The van der Waals surface area contributed by atoms with Crippen molar-refractivity contribution in [1.82, 2.24) is 0 Å². The van der Waals surface area contributed by atoms with Gasteiger partial charge in [0.05, 0.1) is 20.6 Å². The van der Waals surface area contributed by atoms with E-state index in [1.807, 2.05) is 0 Å². The van der Waals surface area contributed by atoms with Crippen molar-refractivity contribution in [2.45, 2.75) is 12.0 Å². The molecule has 0 aliphatic carbocycles.